The lowest BCUT2D eigenvalue weighted by Crippen LogP contribution is -2.61. The van der Waals surface area contributed by atoms with E-state index in [2.05, 4.69) is 0 Å². The van der Waals surface area contributed by atoms with Gasteiger partial charge in [0, 0.05) is 51.4 Å². The van der Waals surface area contributed by atoms with Crippen LogP contribution in [0.15, 0.2) is 47.6 Å². The van der Waals surface area contributed by atoms with Crippen molar-refractivity contribution >= 4 is 29.2 Å². The number of esters is 1. The SMILES string of the molecule is CO[C@@H]1C[C@H](C[C@@H](C)[C@@H]2CC(=O)[C@H](C)/C=C(\C)[C@@H](O)[C@@H](OC)C(=O)[C@H](C)C[C@H](C)/C=C/C=C/C=C(\C)[C@H](OCC3COCCO3)C[C@@H]3CC[C@@H](C)[C@@](O)(O3)C(=O)C(=O)N3CCCC[C@H]3C(=O)O2)CC[C@H]1OC(F)F. The number of ketones is 3. The van der Waals surface area contributed by atoms with E-state index in [1.165, 1.54) is 14.2 Å². The van der Waals surface area contributed by atoms with Gasteiger partial charge in [0.05, 0.1) is 50.8 Å². The summed E-state index contributed by atoms with van der Waals surface area (Å²) in [7, 11) is 2.79. The maximum Gasteiger partial charge on any atom is 0.345 e. The fraction of sp³-hybridized carbons (Fsp3) is 0.768. The van der Waals surface area contributed by atoms with Crippen molar-refractivity contribution in [3.8, 4) is 0 Å². The first kappa shape index (κ1) is 61.3. The summed E-state index contributed by atoms with van der Waals surface area (Å²) in [4.78, 5) is 72.6. The number of amides is 1. The van der Waals surface area contributed by atoms with Crippen LogP contribution in [0, 0.1) is 35.5 Å². The summed E-state index contributed by atoms with van der Waals surface area (Å²) < 4.78 is 73.0. The van der Waals surface area contributed by atoms with E-state index in [0.29, 0.717) is 83.2 Å². The lowest BCUT2D eigenvalue weighted by atomic mass is 9.78. The zero-order valence-corrected chi connectivity index (χ0v) is 45.1. The number of hydrogen-bond acceptors (Lipinski definition) is 15. The highest BCUT2D eigenvalue weighted by molar-refractivity contribution is 6.39. The highest BCUT2D eigenvalue weighted by Crippen LogP contribution is 2.38. The van der Waals surface area contributed by atoms with Gasteiger partial charge >= 0.3 is 12.6 Å². The second kappa shape index (κ2) is 29.2. The molecule has 18 heteroatoms. The van der Waals surface area contributed by atoms with Crippen LogP contribution >= 0.6 is 0 Å². The lowest BCUT2D eigenvalue weighted by Gasteiger charge is -2.43. The quantitative estimate of drug-likeness (QED) is 0.126. The number of carbonyl (C=O) groups excluding carboxylic acids is 5. The fourth-order valence-electron chi connectivity index (χ4n) is 11.2. The second-order valence-corrected chi connectivity index (χ2v) is 21.6. The number of halogens is 2. The molecular formula is C56H85F2NO15. The van der Waals surface area contributed by atoms with Crippen LogP contribution in [0.5, 0.6) is 0 Å². The van der Waals surface area contributed by atoms with Crippen LogP contribution in [0.3, 0.4) is 0 Å². The second-order valence-electron chi connectivity index (χ2n) is 21.6. The molecule has 2 bridgehead atoms. The van der Waals surface area contributed by atoms with Gasteiger partial charge in [-0.25, -0.2) is 4.79 Å². The maximum absolute atomic E-state index is 14.5. The van der Waals surface area contributed by atoms with Crippen LogP contribution in [0.2, 0.25) is 0 Å². The lowest BCUT2D eigenvalue weighted by molar-refractivity contribution is -0.266. The Bertz CT molecular complexity index is 1990. The normalized spacial score (nSPS) is 39.3. The van der Waals surface area contributed by atoms with Crippen LogP contribution in [0.25, 0.3) is 0 Å². The van der Waals surface area contributed by atoms with E-state index in [1.54, 1.807) is 33.8 Å². The third-order valence-corrected chi connectivity index (χ3v) is 15.8. The predicted octanol–water partition coefficient (Wildman–Crippen LogP) is 7.21. The van der Waals surface area contributed by atoms with Crippen molar-refractivity contribution in [2.45, 2.75) is 193 Å². The third kappa shape index (κ3) is 17.0. The van der Waals surface area contributed by atoms with Gasteiger partial charge < -0.3 is 53.0 Å². The maximum atomic E-state index is 14.5. The molecule has 4 fully saturated rings. The van der Waals surface area contributed by atoms with Gasteiger partial charge in [-0.1, -0.05) is 71.1 Å². The fourth-order valence-corrected chi connectivity index (χ4v) is 11.2. The average molecular weight is 1050 g/mol. The summed E-state index contributed by atoms with van der Waals surface area (Å²) in [5, 5.41) is 23.7. The van der Waals surface area contributed by atoms with E-state index in [4.69, 9.17) is 37.9 Å². The molecule has 0 aromatic carbocycles. The average Bonchev–Trinajstić information content (AvgIpc) is 3.37. The molecule has 5 aliphatic rings. The van der Waals surface area contributed by atoms with E-state index in [1.807, 2.05) is 51.2 Å². The Hall–Kier alpha value is -3.59. The molecule has 0 aromatic rings. The number of allylic oxidation sites excluding steroid dienone is 6. The van der Waals surface area contributed by atoms with E-state index in [9.17, 15) is 43.0 Å². The van der Waals surface area contributed by atoms with Crippen molar-refractivity contribution in [2.75, 3.05) is 47.2 Å². The van der Waals surface area contributed by atoms with Crippen LogP contribution in [0.1, 0.15) is 126 Å². The Labute approximate surface area is 436 Å². The van der Waals surface area contributed by atoms with Crippen molar-refractivity contribution in [3.05, 3.63) is 47.6 Å². The molecule has 1 aliphatic carbocycles. The zero-order chi connectivity index (χ0) is 54.3. The molecule has 3 saturated heterocycles. The van der Waals surface area contributed by atoms with Gasteiger partial charge in [-0.05, 0) is 107 Å². The monoisotopic (exact) mass is 1050 g/mol. The van der Waals surface area contributed by atoms with Crippen LogP contribution in [0.4, 0.5) is 8.78 Å². The molecule has 2 N–H and O–H groups in total. The molecule has 16 nitrogen and oxygen atoms in total. The number of alkyl halides is 2. The summed E-state index contributed by atoms with van der Waals surface area (Å²) in [6.07, 6.45) is 8.58. The zero-order valence-electron chi connectivity index (χ0n) is 45.1. The van der Waals surface area contributed by atoms with Crippen LogP contribution in [-0.4, -0.2) is 159 Å². The topological polar surface area (TPSA) is 203 Å². The van der Waals surface area contributed by atoms with E-state index in [0.717, 1.165) is 10.5 Å². The summed E-state index contributed by atoms with van der Waals surface area (Å²) in [6, 6.07) is -1.22. The number of methoxy groups -OCH3 is 2. The molecule has 418 valence electrons. The highest BCUT2D eigenvalue weighted by Gasteiger charge is 2.53. The van der Waals surface area contributed by atoms with Gasteiger partial charge in [0.15, 0.2) is 5.78 Å². The number of ether oxygens (including phenoxy) is 8. The molecule has 1 unspecified atom stereocenters. The van der Waals surface area contributed by atoms with Gasteiger partial charge in [0.1, 0.15) is 36.2 Å². The first-order valence-electron chi connectivity index (χ1n) is 26.9. The molecule has 4 aliphatic heterocycles. The van der Waals surface area contributed by atoms with Crippen LogP contribution < -0.4 is 0 Å². The molecule has 16 atom stereocenters. The summed E-state index contributed by atoms with van der Waals surface area (Å²) in [5.74, 6) is -8.87. The van der Waals surface area contributed by atoms with Gasteiger partial charge in [-0.3, -0.25) is 19.2 Å². The summed E-state index contributed by atoms with van der Waals surface area (Å²) in [5.41, 5.74) is 1.17. The number of nitrogens with zero attached hydrogens (tertiary/aromatic N) is 1. The number of aliphatic hydroxyl groups excluding tert-OH is 1. The summed E-state index contributed by atoms with van der Waals surface area (Å²) in [6.45, 7) is 11.0. The number of cyclic esters (lactones) is 1. The number of hydrogen-bond donors (Lipinski definition) is 2. The largest absolute Gasteiger partial charge is 0.460 e. The Balaban J connectivity index is 1.47. The van der Waals surface area contributed by atoms with Crippen molar-refractivity contribution in [1.82, 2.24) is 4.90 Å². The van der Waals surface area contributed by atoms with Crippen molar-refractivity contribution in [3.63, 3.8) is 0 Å². The molecule has 1 saturated carbocycles. The Kier molecular flexibility index (Phi) is 24.2. The first-order valence-corrected chi connectivity index (χ1v) is 26.9. The molecule has 4 heterocycles. The van der Waals surface area contributed by atoms with Gasteiger partial charge in [-0.15, -0.1) is 0 Å². The highest BCUT2D eigenvalue weighted by atomic mass is 19.3. The number of fused-ring (bicyclic) bond motifs is 3. The minimum atomic E-state index is -2.96. The molecule has 5 rings (SSSR count). The van der Waals surface area contributed by atoms with Crippen molar-refractivity contribution in [1.29, 1.82) is 0 Å². The molecule has 0 aromatic heterocycles. The minimum Gasteiger partial charge on any atom is -0.460 e. The standard InChI is InChI=1S/C56H85F2NO15/c1-33-15-11-10-12-16-34(2)46(71-32-42-31-69-23-24-70-42)29-41-20-18-39(7)56(66,74-41)52(63)53(64)59-22-14-13-17-43(59)54(65)72-47(36(4)27-40-19-21-45(73-55(57)58)48(28-40)67-8)30-44(60)35(3)26-38(6)50(62)51(68-9)49(61)37(5)25-33/h10-12,15-16,26,33,35-37,39-43,45-48,50-51,55,62,66H,13-14,17-25,27-32H2,1-9H3/b12-10+,15-11+,34-16+,38-26+/t33-,35-,36-,37-,39-,40+,41+,42?,43+,45-,46-,47+,48-,50-,51+,56-/m1/s1. The molecule has 74 heavy (non-hydrogen) atoms. The van der Waals surface area contributed by atoms with E-state index >= 15 is 0 Å². The minimum absolute atomic E-state index is 0.0291. The Morgan fingerprint density at radius 1 is 0.878 bits per heavy atom. The van der Waals surface area contributed by atoms with Gasteiger partial charge in [0.25, 0.3) is 11.7 Å². The molecular weight excluding hydrogens is 965 g/mol. The smallest absolute Gasteiger partial charge is 0.345 e. The Morgan fingerprint density at radius 2 is 1.64 bits per heavy atom. The number of carbonyl (C=O) groups is 5. The third-order valence-electron chi connectivity index (χ3n) is 15.8. The van der Waals surface area contributed by atoms with E-state index < -0.39 is 102 Å². The molecule has 0 radical (unpaired) electrons. The number of rotatable bonds is 10. The molecule has 0 spiro atoms. The van der Waals surface area contributed by atoms with E-state index in [-0.39, 0.29) is 61.9 Å². The van der Waals surface area contributed by atoms with Crippen molar-refractivity contribution < 1.29 is 80.9 Å². The van der Waals surface area contributed by atoms with Crippen LogP contribution in [-0.2, 0) is 61.9 Å². The summed E-state index contributed by atoms with van der Waals surface area (Å²) >= 11 is 0. The van der Waals surface area contributed by atoms with Gasteiger partial charge in [-0.2, -0.15) is 8.78 Å². The number of aliphatic hydroxyl groups is 2. The number of Topliss-reactive ketones (excluding diaryl/α,β-unsaturated/α-hetero) is 3. The Morgan fingerprint density at radius 3 is 2.32 bits per heavy atom. The van der Waals surface area contributed by atoms with Crippen molar-refractivity contribution in [2.24, 2.45) is 35.5 Å². The molecule has 1 amide bonds. The first-order chi connectivity index (χ1) is 35.2. The van der Waals surface area contributed by atoms with Gasteiger partial charge in [0.2, 0.25) is 5.79 Å². The predicted molar refractivity (Wildman–Crippen MR) is 270 cm³/mol. The number of piperidine rings is 1.